The number of ether oxygens (including phenoxy) is 10. The molecule has 2 aliphatic heterocycles. The number of hydrogen-bond donors (Lipinski definition) is 11. The van der Waals surface area contributed by atoms with Crippen LogP contribution in [0.4, 0.5) is 10.5 Å². The monoisotopic (exact) mass is 1360 g/mol. The molecule has 7 rings (SSSR count). The summed E-state index contributed by atoms with van der Waals surface area (Å²) in [5, 5.41) is 68.7. The first-order chi connectivity index (χ1) is 46.3. The van der Waals surface area contributed by atoms with Gasteiger partial charge in [-0.05, 0) is 44.5 Å². The highest BCUT2D eigenvalue weighted by Gasteiger charge is 2.51. The fourth-order valence-electron chi connectivity index (χ4n) is 10.8. The molecule has 12 N–H and O–H groups in total. The van der Waals surface area contributed by atoms with Crippen molar-refractivity contribution in [2.24, 2.45) is 5.73 Å². The molecule has 97 heavy (non-hydrogen) atoms. The number of anilines is 1. The highest BCUT2D eigenvalue weighted by Crippen LogP contribution is 2.52. The maximum atomic E-state index is 14.1. The number of Topliss-reactive ketones (excluding diaryl/α,β-unsaturated/α-hetero) is 1. The zero-order valence-electron chi connectivity index (χ0n) is 53.8. The van der Waals surface area contributed by atoms with Crippen LogP contribution in [0, 0.1) is 0 Å². The van der Waals surface area contributed by atoms with E-state index in [1.165, 1.54) is 82.5 Å². The Labute approximate surface area is 555 Å². The van der Waals surface area contributed by atoms with Crippen LogP contribution in [0.1, 0.15) is 101 Å². The van der Waals surface area contributed by atoms with E-state index in [0.29, 0.717) is 58.4 Å². The predicted octanol–water partition coefficient (Wildman–Crippen LogP) is -1.31. The van der Waals surface area contributed by atoms with Crippen LogP contribution < -0.4 is 37.1 Å². The molecule has 0 saturated carbocycles. The maximum Gasteiger partial charge on any atom is 0.407 e. The van der Waals surface area contributed by atoms with Crippen molar-refractivity contribution in [2.75, 3.05) is 105 Å². The van der Waals surface area contributed by atoms with Gasteiger partial charge in [0.25, 0.3) is 11.8 Å². The van der Waals surface area contributed by atoms with Gasteiger partial charge in [0.15, 0.2) is 17.9 Å². The van der Waals surface area contributed by atoms with E-state index in [-0.39, 0.29) is 97.9 Å². The summed E-state index contributed by atoms with van der Waals surface area (Å²) >= 11 is 0. The molecule has 0 bridgehead atoms. The molecule has 0 unspecified atom stereocenters. The van der Waals surface area contributed by atoms with Crippen LogP contribution >= 0.6 is 0 Å². The van der Waals surface area contributed by atoms with Gasteiger partial charge in [-0.15, -0.1) is 0 Å². The van der Waals surface area contributed by atoms with Gasteiger partial charge >= 0.3 is 6.09 Å². The average Bonchev–Trinajstić information content (AvgIpc) is 1.03. The van der Waals surface area contributed by atoms with E-state index < -0.39 is 156 Å². The number of nitrogens with one attached hydrogen (secondary N) is 5. The Morgan fingerprint density at radius 2 is 1.29 bits per heavy atom. The van der Waals surface area contributed by atoms with Gasteiger partial charge in [-0.3, -0.25) is 52.8 Å². The number of amides is 8. The first-order valence-corrected chi connectivity index (χ1v) is 31.1. The molecule has 33 nitrogen and oxygen atoms in total. The molecule has 4 aliphatic rings. The molecule has 3 aromatic rings. The van der Waals surface area contributed by atoms with E-state index in [4.69, 9.17) is 53.1 Å². The number of nitrogens with zero attached hydrogens (tertiary/aromatic N) is 1. The van der Waals surface area contributed by atoms with E-state index in [2.05, 4.69) is 26.6 Å². The first kappa shape index (κ1) is 75.5. The van der Waals surface area contributed by atoms with Gasteiger partial charge < -0.3 is 105 Å². The number of carbonyl (C=O) groups is 11. The van der Waals surface area contributed by atoms with Crippen LogP contribution in [0.5, 0.6) is 17.2 Å². The third kappa shape index (κ3) is 20.4. The van der Waals surface area contributed by atoms with Crippen LogP contribution in [-0.2, 0) is 94.0 Å². The summed E-state index contributed by atoms with van der Waals surface area (Å²) in [6.07, 6.45) is -6.39. The second-order valence-corrected chi connectivity index (χ2v) is 22.8. The minimum atomic E-state index is -2.44. The molecule has 2 heterocycles. The molecular formula is C64H81N7O26. The molecule has 528 valence electrons. The summed E-state index contributed by atoms with van der Waals surface area (Å²) in [5.41, 5.74) is 1.46. The average molecular weight is 1360 g/mol. The number of imide groups is 1. The van der Waals surface area contributed by atoms with Gasteiger partial charge in [0, 0.05) is 60.2 Å². The molecular weight excluding hydrogens is 1280 g/mol. The van der Waals surface area contributed by atoms with Gasteiger partial charge in [0.05, 0.1) is 134 Å². The summed E-state index contributed by atoms with van der Waals surface area (Å²) in [7, 11) is 1.27. The minimum Gasteiger partial charge on any atom is -0.507 e. The third-order valence-corrected chi connectivity index (χ3v) is 15.9. The molecule has 1 fully saturated rings. The Hall–Kier alpha value is -8.87. The van der Waals surface area contributed by atoms with E-state index >= 15 is 0 Å². The number of benzene rings is 3. The quantitative estimate of drug-likeness (QED) is 0.0141. The number of phenolic OH excluding ortho intramolecular Hbond substituents is 2. The maximum absolute atomic E-state index is 14.1. The summed E-state index contributed by atoms with van der Waals surface area (Å²) in [6, 6.07) is 5.01. The van der Waals surface area contributed by atoms with Crippen LogP contribution in [0.2, 0.25) is 0 Å². The Kier molecular flexibility index (Phi) is 28.0. The number of nitrogens with two attached hydrogens (primary N) is 1. The molecule has 3 aromatic carbocycles. The number of aromatic hydroxyl groups is 2. The Morgan fingerprint density at radius 1 is 0.722 bits per heavy atom. The molecule has 0 aromatic heterocycles. The molecule has 0 spiro atoms. The number of primary amides is 1. The zero-order valence-corrected chi connectivity index (χ0v) is 53.8. The second kappa shape index (κ2) is 35.9. The molecule has 9 atom stereocenters. The third-order valence-electron chi connectivity index (χ3n) is 15.9. The van der Waals surface area contributed by atoms with Crippen LogP contribution in [-0.4, -0.2) is 243 Å². The lowest BCUT2D eigenvalue weighted by Crippen LogP contribution is -2.56. The van der Waals surface area contributed by atoms with Crippen molar-refractivity contribution < 1.29 is 126 Å². The summed E-state index contributed by atoms with van der Waals surface area (Å²) < 4.78 is 55.5. The molecule has 2 aliphatic carbocycles. The van der Waals surface area contributed by atoms with Crippen molar-refractivity contribution in [3.8, 4) is 17.2 Å². The highest BCUT2D eigenvalue weighted by molar-refractivity contribution is 6.31. The number of aliphatic hydroxyl groups is 3. The van der Waals surface area contributed by atoms with E-state index in [1.807, 2.05) is 0 Å². The number of ketones is 3. The smallest absolute Gasteiger partial charge is 0.407 e. The molecule has 0 radical (unpaired) electrons. The number of alkyl carbamates (subject to hydrolysis) is 1. The molecule has 1 saturated heterocycles. The van der Waals surface area contributed by atoms with Crippen molar-refractivity contribution in [1.82, 2.24) is 26.2 Å². The molecule has 33 heteroatoms. The van der Waals surface area contributed by atoms with E-state index in [0.717, 1.165) is 4.90 Å². The number of methoxy groups -OCH3 is 1. The number of carbonyl (C=O) groups excluding carboxylic acids is 11. The van der Waals surface area contributed by atoms with Gasteiger partial charge in [0.1, 0.15) is 60.3 Å². The Bertz CT molecular complexity index is 3380. The van der Waals surface area contributed by atoms with Crippen LogP contribution in [0.15, 0.2) is 54.6 Å². The SMILES string of the molecule is COc1cccc2c1C(=O)c1c(O)c3c(c(O)c1C2=O)C[C@@](O)(C(=O)CO)C[C@@H]3O[C@H]1C[C@H](NC(=O)OCc2ccc(NC(=O)[C@@H](CC(N)=O)NC(=O)[C@@H](C)NC(=O)[C@@H](C)NC(=O)CCOCCOCCOCCOCCOCCOCCN3C(=O)C=CC3=O)cc2)[C@H](O)[C@H](C)O1. The van der Waals surface area contributed by atoms with Crippen molar-refractivity contribution in [3.05, 3.63) is 93.6 Å². The van der Waals surface area contributed by atoms with Crippen molar-refractivity contribution >= 4 is 70.5 Å². The number of hydrogen-bond acceptors (Lipinski definition) is 26. The Morgan fingerprint density at radius 3 is 1.88 bits per heavy atom. The predicted molar refractivity (Wildman–Crippen MR) is 332 cm³/mol. The van der Waals surface area contributed by atoms with Gasteiger partial charge in [0.2, 0.25) is 35.3 Å². The standard InChI is InChI=1S/C64H81N7O26/c1-34(66-47(75)14-16-89-18-20-91-22-24-93-26-27-94-25-23-92-21-19-90-17-15-71-48(76)12-13-49(71)77)60(83)67-35(2)61(84)69-42(28-46(65)74)62(85)68-38-10-8-37(9-11-38)33-95-63(86)70-41-29-50(96-36(3)55(41)78)97-44-31-64(87,45(73)32-72)30-40-52(44)59(82)54-53(57(40)80)56(79)39-6-5-7-43(88-4)51(39)58(54)81/h5-13,34-36,41-42,44,50,55,72,78,80,82,87H,14-33H2,1-4H3,(H2,65,74)(H,66,75)(H,67,83)(H,68,85)(H,69,84)(H,70,86)/t34-,35-,36+,41+,42-,44+,50+,55-,64+/m1/s1. The zero-order chi connectivity index (χ0) is 70.5. The fourth-order valence-corrected chi connectivity index (χ4v) is 10.8. The first-order valence-electron chi connectivity index (χ1n) is 31.1. The second-order valence-electron chi connectivity index (χ2n) is 22.8. The summed E-state index contributed by atoms with van der Waals surface area (Å²) in [5.74, 6) is -9.08. The van der Waals surface area contributed by atoms with E-state index in [1.54, 1.807) is 0 Å². The van der Waals surface area contributed by atoms with E-state index in [9.17, 15) is 78.3 Å². The fraction of sp³-hybridized carbons (Fsp3) is 0.516. The van der Waals surface area contributed by atoms with Crippen molar-refractivity contribution in [3.63, 3.8) is 0 Å². The lowest BCUT2D eigenvalue weighted by molar-refractivity contribution is -0.249. The summed E-state index contributed by atoms with van der Waals surface area (Å²) in [6.45, 7) is 6.12. The topological polar surface area (TPSA) is 471 Å². The lowest BCUT2D eigenvalue weighted by atomic mass is 9.72. The van der Waals surface area contributed by atoms with Crippen LogP contribution in [0.3, 0.4) is 0 Å². The lowest BCUT2D eigenvalue weighted by Gasteiger charge is -2.42. The largest absolute Gasteiger partial charge is 0.507 e. The van der Waals surface area contributed by atoms with Crippen molar-refractivity contribution in [1.29, 1.82) is 0 Å². The number of aliphatic hydroxyl groups excluding tert-OH is 2. The van der Waals surface area contributed by atoms with Gasteiger partial charge in [-0.1, -0.05) is 24.3 Å². The number of fused-ring (bicyclic) bond motifs is 3. The minimum absolute atomic E-state index is 0.00968. The van der Waals surface area contributed by atoms with Crippen LogP contribution in [0.25, 0.3) is 0 Å². The number of rotatable bonds is 38. The van der Waals surface area contributed by atoms with Crippen molar-refractivity contribution in [2.45, 2.75) is 114 Å². The van der Waals surface area contributed by atoms with Gasteiger partial charge in [-0.25, -0.2) is 4.79 Å². The Balaban J connectivity index is 0.781. The molecule has 8 amide bonds. The highest BCUT2D eigenvalue weighted by atomic mass is 16.7. The normalized spacial score (nSPS) is 20.4. The van der Waals surface area contributed by atoms with Gasteiger partial charge in [-0.2, -0.15) is 0 Å². The number of phenols is 2. The summed E-state index contributed by atoms with van der Waals surface area (Å²) in [4.78, 5) is 143.